The highest BCUT2D eigenvalue weighted by Gasteiger charge is 2.27. The first kappa shape index (κ1) is 12.3. The van der Waals surface area contributed by atoms with Gasteiger partial charge in [-0.3, -0.25) is 0 Å². The molecule has 0 amide bonds. The van der Waals surface area contributed by atoms with Gasteiger partial charge in [0.2, 0.25) is 0 Å². The van der Waals surface area contributed by atoms with Crippen LogP contribution in [0.4, 0.5) is 0 Å². The Labute approximate surface area is 99.3 Å². The summed E-state index contributed by atoms with van der Waals surface area (Å²) in [6.45, 7) is 7.63. The number of morpholine rings is 1. The molecular weight excluding hydrogens is 200 g/mol. The monoisotopic (exact) mass is 226 g/mol. The van der Waals surface area contributed by atoms with Crippen LogP contribution in [0, 0.1) is 5.41 Å². The van der Waals surface area contributed by atoms with Crippen molar-refractivity contribution in [3.8, 4) is 0 Å². The quantitative estimate of drug-likeness (QED) is 0.698. The van der Waals surface area contributed by atoms with Crippen molar-refractivity contribution in [2.75, 3.05) is 32.8 Å². The molecule has 2 rings (SSSR count). The van der Waals surface area contributed by atoms with Crippen molar-refractivity contribution in [3.05, 3.63) is 0 Å². The van der Waals surface area contributed by atoms with Crippen molar-refractivity contribution in [2.45, 2.75) is 45.1 Å². The minimum atomic E-state index is 0.428. The number of ether oxygens (including phenoxy) is 1. The van der Waals surface area contributed by atoms with Crippen LogP contribution in [-0.4, -0.2) is 38.9 Å². The molecular formula is C13H26N2O. The van der Waals surface area contributed by atoms with Crippen LogP contribution in [0.1, 0.15) is 39.0 Å². The summed E-state index contributed by atoms with van der Waals surface area (Å²) in [5.41, 5.74) is 0.575. The Balaban J connectivity index is 1.54. The first-order valence-corrected chi connectivity index (χ1v) is 6.82. The average Bonchev–Trinajstić information content (AvgIpc) is 2.74. The largest absolute Gasteiger partial charge is 0.376 e. The minimum Gasteiger partial charge on any atom is -0.376 e. The summed E-state index contributed by atoms with van der Waals surface area (Å²) in [6.07, 6.45) is 7.23. The highest BCUT2D eigenvalue weighted by atomic mass is 16.5. The van der Waals surface area contributed by atoms with E-state index in [2.05, 4.69) is 17.6 Å². The fraction of sp³-hybridized carbons (Fsp3) is 1.00. The van der Waals surface area contributed by atoms with E-state index in [1.807, 2.05) is 0 Å². The van der Waals surface area contributed by atoms with Crippen molar-refractivity contribution < 1.29 is 4.74 Å². The van der Waals surface area contributed by atoms with Gasteiger partial charge in [0.15, 0.2) is 0 Å². The van der Waals surface area contributed by atoms with Gasteiger partial charge in [0, 0.05) is 19.6 Å². The van der Waals surface area contributed by atoms with Gasteiger partial charge in [0.1, 0.15) is 0 Å². The van der Waals surface area contributed by atoms with Crippen molar-refractivity contribution >= 4 is 0 Å². The Kier molecular flexibility index (Phi) is 4.62. The molecule has 3 nitrogen and oxygen atoms in total. The Bertz CT molecular complexity index is 196. The maximum Gasteiger partial charge on any atom is 0.0712 e. The number of hydrogen-bond acceptors (Lipinski definition) is 3. The van der Waals surface area contributed by atoms with E-state index < -0.39 is 0 Å². The molecule has 0 aromatic carbocycles. The zero-order valence-corrected chi connectivity index (χ0v) is 10.6. The van der Waals surface area contributed by atoms with E-state index in [0.717, 1.165) is 32.7 Å². The lowest BCUT2D eigenvalue weighted by Gasteiger charge is -2.26. The second kappa shape index (κ2) is 5.99. The molecule has 2 aliphatic rings. The zero-order valence-electron chi connectivity index (χ0n) is 10.6. The molecule has 0 bridgehead atoms. The Morgan fingerprint density at radius 3 is 2.88 bits per heavy atom. The van der Waals surface area contributed by atoms with Crippen LogP contribution in [0.25, 0.3) is 0 Å². The average molecular weight is 226 g/mol. The topological polar surface area (TPSA) is 33.3 Å². The normalized spacial score (nSPS) is 29.4. The molecule has 16 heavy (non-hydrogen) atoms. The lowest BCUT2D eigenvalue weighted by Crippen LogP contribution is -2.40. The third kappa shape index (κ3) is 3.72. The van der Waals surface area contributed by atoms with Crippen molar-refractivity contribution in [1.29, 1.82) is 0 Å². The van der Waals surface area contributed by atoms with Crippen LogP contribution in [0.15, 0.2) is 0 Å². The summed E-state index contributed by atoms with van der Waals surface area (Å²) < 4.78 is 5.67. The SMILES string of the molecule is CC1(CNCCC2CNCCO2)CCCC1. The van der Waals surface area contributed by atoms with Gasteiger partial charge in [0.05, 0.1) is 12.7 Å². The summed E-state index contributed by atoms with van der Waals surface area (Å²) in [5, 5.41) is 6.98. The number of rotatable bonds is 5. The smallest absolute Gasteiger partial charge is 0.0712 e. The van der Waals surface area contributed by atoms with Crippen molar-refractivity contribution in [3.63, 3.8) is 0 Å². The second-order valence-corrected chi connectivity index (χ2v) is 5.68. The molecule has 0 spiro atoms. The van der Waals surface area contributed by atoms with Crippen molar-refractivity contribution in [1.82, 2.24) is 10.6 Å². The van der Waals surface area contributed by atoms with E-state index in [0.29, 0.717) is 11.5 Å². The molecule has 1 saturated heterocycles. The summed E-state index contributed by atoms with van der Waals surface area (Å²) in [4.78, 5) is 0. The summed E-state index contributed by atoms with van der Waals surface area (Å²) in [5.74, 6) is 0. The molecule has 1 saturated carbocycles. The van der Waals surface area contributed by atoms with Gasteiger partial charge in [-0.25, -0.2) is 0 Å². The third-order valence-corrected chi connectivity index (χ3v) is 4.01. The molecule has 3 heteroatoms. The maximum atomic E-state index is 5.67. The molecule has 1 heterocycles. The molecule has 94 valence electrons. The first-order valence-electron chi connectivity index (χ1n) is 6.82. The van der Waals surface area contributed by atoms with E-state index in [9.17, 15) is 0 Å². The van der Waals surface area contributed by atoms with Gasteiger partial charge < -0.3 is 15.4 Å². The lowest BCUT2D eigenvalue weighted by molar-refractivity contribution is 0.0235. The predicted molar refractivity (Wildman–Crippen MR) is 66.7 cm³/mol. The van der Waals surface area contributed by atoms with Gasteiger partial charge in [-0.15, -0.1) is 0 Å². The summed E-state index contributed by atoms with van der Waals surface area (Å²) in [6, 6.07) is 0. The summed E-state index contributed by atoms with van der Waals surface area (Å²) in [7, 11) is 0. The van der Waals surface area contributed by atoms with Gasteiger partial charge in [-0.2, -0.15) is 0 Å². The summed E-state index contributed by atoms with van der Waals surface area (Å²) >= 11 is 0. The first-order chi connectivity index (χ1) is 7.79. The van der Waals surface area contributed by atoms with Gasteiger partial charge in [-0.1, -0.05) is 19.8 Å². The molecule has 0 aromatic heterocycles. The highest BCUT2D eigenvalue weighted by Crippen LogP contribution is 2.36. The Morgan fingerprint density at radius 2 is 2.19 bits per heavy atom. The van der Waals surface area contributed by atoms with Gasteiger partial charge in [-0.05, 0) is 31.2 Å². The minimum absolute atomic E-state index is 0.428. The predicted octanol–water partition coefficient (Wildman–Crippen LogP) is 1.53. The molecule has 2 N–H and O–H groups in total. The molecule has 1 aliphatic carbocycles. The standard InChI is InChI=1S/C13H26N2O/c1-13(5-2-3-6-13)11-15-7-4-12-10-14-8-9-16-12/h12,14-15H,2-11H2,1H3. The fourth-order valence-electron chi connectivity index (χ4n) is 2.86. The highest BCUT2D eigenvalue weighted by molar-refractivity contribution is 4.82. The number of hydrogen-bond donors (Lipinski definition) is 2. The van der Waals surface area contributed by atoms with E-state index in [4.69, 9.17) is 4.74 Å². The Morgan fingerprint density at radius 1 is 1.38 bits per heavy atom. The van der Waals surface area contributed by atoms with Crippen LogP contribution in [0.2, 0.25) is 0 Å². The molecule has 1 aliphatic heterocycles. The maximum absolute atomic E-state index is 5.67. The van der Waals surface area contributed by atoms with Gasteiger partial charge in [0.25, 0.3) is 0 Å². The lowest BCUT2D eigenvalue weighted by atomic mass is 9.89. The van der Waals surface area contributed by atoms with Crippen molar-refractivity contribution in [2.24, 2.45) is 5.41 Å². The second-order valence-electron chi connectivity index (χ2n) is 5.68. The van der Waals surface area contributed by atoms with Crippen LogP contribution in [-0.2, 0) is 4.74 Å². The van der Waals surface area contributed by atoms with E-state index in [1.165, 1.54) is 32.2 Å². The van der Waals surface area contributed by atoms with E-state index >= 15 is 0 Å². The molecule has 1 atom stereocenters. The molecule has 0 radical (unpaired) electrons. The van der Waals surface area contributed by atoms with Crippen LogP contribution in [0.3, 0.4) is 0 Å². The molecule has 1 unspecified atom stereocenters. The third-order valence-electron chi connectivity index (χ3n) is 4.01. The molecule has 2 fully saturated rings. The van der Waals surface area contributed by atoms with Crippen LogP contribution >= 0.6 is 0 Å². The van der Waals surface area contributed by atoms with Crippen LogP contribution in [0.5, 0.6) is 0 Å². The van der Waals surface area contributed by atoms with E-state index in [-0.39, 0.29) is 0 Å². The zero-order chi connectivity index (χ0) is 11.3. The fourth-order valence-corrected chi connectivity index (χ4v) is 2.86. The van der Waals surface area contributed by atoms with E-state index in [1.54, 1.807) is 0 Å². The molecule has 0 aromatic rings. The van der Waals surface area contributed by atoms with Crippen LogP contribution < -0.4 is 10.6 Å². The Hall–Kier alpha value is -0.120. The van der Waals surface area contributed by atoms with Gasteiger partial charge >= 0.3 is 0 Å². The number of nitrogens with one attached hydrogen (secondary N) is 2.